The van der Waals surface area contributed by atoms with Gasteiger partial charge in [0.1, 0.15) is 19.0 Å². The summed E-state index contributed by atoms with van der Waals surface area (Å²) in [5.74, 6) is 1.04. The van der Waals surface area contributed by atoms with E-state index in [1.807, 2.05) is 18.2 Å². The summed E-state index contributed by atoms with van der Waals surface area (Å²) in [6.45, 7) is 3.28. The predicted molar refractivity (Wildman–Crippen MR) is 100 cm³/mol. The van der Waals surface area contributed by atoms with E-state index in [-0.39, 0.29) is 11.7 Å². The number of carbonyl (C=O) groups excluding carboxylic acids is 1. The first-order chi connectivity index (χ1) is 13.2. The van der Waals surface area contributed by atoms with Gasteiger partial charge in [-0.05, 0) is 36.2 Å². The predicted octanol–water partition coefficient (Wildman–Crippen LogP) is 3.37. The van der Waals surface area contributed by atoms with Gasteiger partial charge in [-0.2, -0.15) is 0 Å². The van der Waals surface area contributed by atoms with Gasteiger partial charge in [-0.25, -0.2) is 4.39 Å². The molecule has 2 aliphatic heterocycles. The topological polar surface area (TPSA) is 50.8 Å². The molecule has 2 aromatic carbocycles. The third-order valence-electron chi connectivity index (χ3n) is 4.70. The number of hydrogen-bond acceptors (Lipinski definition) is 4. The first-order valence-electron chi connectivity index (χ1n) is 9.04. The summed E-state index contributed by atoms with van der Waals surface area (Å²) in [7, 11) is 0. The Labute approximate surface area is 157 Å². The van der Waals surface area contributed by atoms with Gasteiger partial charge < -0.3 is 14.8 Å². The Hall–Kier alpha value is -2.86. The molecule has 1 amide bonds. The van der Waals surface area contributed by atoms with E-state index in [0.717, 1.165) is 24.2 Å². The van der Waals surface area contributed by atoms with Gasteiger partial charge >= 0.3 is 0 Å². The normalized spacial score (nSPS) is 16.6. The highest BCUT2D eigenvalue weighted by molar-refractivity contribution is 6.04. The van der Waals surface area contributed by atoms with Crippen LogP contribution in [0.3, 0.4) is 0 Å². The third-order valence-corrected chi connectivity index (χ3v) is 4.70. The van der Waals surface area contributed by atoms with E-state index < -0.39 is 0 Å². The van der Waals surface area contributed by atoms with Crippen molar-refractivity contribution in [2.45, 2.75) is 13.0 Å². The lowest BCUT2D eigenvalue weighted by atomic mass is 10.1. The monoisotopic (exact) mass is 368 g/mol. The van der Waals surface area contributed by atoms with Crippen LogP contribution in [0, 0.1) is 5.82 Å². The molecule has 4 rings (SSSR count). The lowest BCUT2D eigenvalue weighted by molar-refractivity contribution is -0.113. The van der Waals surface area contributed by atoms with E-state index in [2.05, 4.69) is 10.2 Å². The van der Waals surface area contributed by atoms with Crippen LogP contribution < -0.4 is 14.8 Å². The molecule has 0 fully saturated rings. The lowest BCUT2D eigenvalue weighted by Crippen LogP contribution is -2.31. The van der Waals surface area contributed by atoms with Crippen LogP contribution in [0.1, 0.15) is 12.0 Å². The largest absolute Gasteiger partial charge is 0.486 e. The van der Waals surface area contributed by atoms with Gasteiger partial charge in [0, 0.05) is 37.0 Å². The SMILES string of the molecule is O=C(Nc1ccc2c(c1)OCCO2)C1=CCN(Cc2ccc(F)cc2)CC1. The van der Waals surface area contributed by atoms with Crippen molar-refractivity contribution < 1.29 is 18.7 Å². The van der Waals surface area contributed by atoms with Crippen LogP contribution in [0.25, 0.3) is 0 Å². The number of carbonyl (C=O) groups is 1. The molecule has 0 aliphatic carbocycles. The van der Waals surface area contributed by atoms with E-state index >= 15 is 0 Å². The molecule has 0 atom stereocenters. The van der Waals surface area contributed by atoms with Gasteiger partial charge in [-0.3, -0.25) is 9.69 Å². The standard InChI is InChI=1S/C21H21FN2O3/c22-17-3-1-15(2-4-17)14-24-9-7-16(8-10-24)21(25)23-18-5-6-19-20(13-18)27-12-11-26-19/h1-7,13H,8-12,14H2,(H,23,25). The van der Waals surface area contributed by atoms with E-state index in [9.17, 15) is 9.18 Å². The van der Waals surface area contributed by atoms with Crippen molar-refractivity contribution in [3.63, 3.8) is 0 Å². The third kappa shape index (κ3) is 4.28. The Morgan fingerprint density at radius 2 is 1.85 bits per heavy atom. The number of benzene rings is 2. The van der Waals surface area contributed by atoms with Crippen molar-refractivity contribution >= 4 is 11.6 Å². The zero-order valence-corrected chi connectivity index (χ0v) is 14.9. The summed E-state index contributed by atoms with van der Waals surface area (Å²) in [6.07, 6.45) is 2.64. The summed E-state index contributed by atoms with van der Waals surface area (Å²) < 4.78 is 24.0. The average molecular weight is 368 g/mol. The molecule has 0 unspecified atom stereocenters. The molecule has 0 aromatic heterocycles. The molecule has 6 heteroatoms. The maximum absolute atomic E-state index is 13.0. The maximum atomic E-state index is 13.0. The number of amides is 1. The molecule has 2 aromatic rings. The van der Waals surface area contributed by atoms with Crippen molar-refractivity contribution in [2.24, 2.45) is 0 Å². The van der Waals surface area contributed by atoms with Crippen molar-refractivity contribution in [1.82, 2.24) is 4.90 Å². The van der Waals surface area contributed by atoms with E-state index in [1.54, 1.807) is 18.2 Å². The molecule has 27 heavy (non-hydrogen) atoms. The highest BCUT2D eigenvalue weighted by Gasteiger charge is 2.18. The highest BCUT2D eigenvalue weighted by Crippen LogP contribution is 2.32. The van der Waals surface area contributed by atoms with Crippen molar-refractivity contribution in [3.8, 4) is 11.5 Å². The molecule has 0 saturated carbocycles. The molecule has 2 heterocycles. The molecule has 0 radical (unpaired) electrons. The van der Waals surface area contributed by atoms with Crippen LogP contribution in [0.5, 0.6) is 11.5 Å². The maximum Gasteiger partial charge on any atom is 0.251 e. The summed E-state index contributed by atoms with van der Waals surface area (Å²) >= 11 is 0. The van der Waals surface area contributed by atoms with Crippen molar-refractivity contribution in [1.29, 1.82) is 0 Å². The van der Waals surface area contributed by atoms with Gasteiger partial charge in [0.15, 0.2) is 11.5 Å². The molecule has 0 saturated heterocycles. The van der Waals surface area contributed by atoms with Crippen LogP contribution in [-0.2, 0) is 11.3 Å². The number of nitrogens with zero attached hydrogens (tertiary/aromatic N) is 1. The molecule has 2 aliphatic rings. The fourth-order valence-corrected chi connectivity index (χ4v) is 3.24. The van der Waals surface area contributed by atoms with E-state index in [4.69, 9.17) is 9.47 Å². The Bertz CT molecular complexity index is 864. The fraction of sp³-hybridized carbons (Fsp3) is 0.286. The Kier molecular flexibility index (Phi) is 5.07. The molecule has 140 valence electrons. The molecule has 5 nitrogen and oxygen atoms in total. The van der Waals surface area contributed by atoms with Gasteiger partial charge in [-0.1, -0.05) is 18.2 Å². The second-order valence-corrected chi connectivity index (χ2v) is 6.65. The summed E-state index contributed by atoms with van der Waals surface area (Å²) in [4.78, 5) is 14.8. The van der Waals surface area contributed by atoms with Crippen LogP contribution in [-0.4, -0.2) is 37.1 Å². The first kappa shape index (κ1) is 17.5. The lowest BCUT2D eigenvalue weighted by Gasteiger charge is -2.26. The van der Waals surface area contributed by atoms with Crippen LogP contribution in [0.15, 0.2) is 54.1 Å². The second kappa shape index (κ2) is 7.80. The summed E-state index contributed by atoms with van der Waals surface area (Å²) in [5, 5.41) is 2.93. The first-order valence-corrected chi connectivity index (χ1v) is 9.04. The number of halogens is 1. The number of nitrogens with one attached hydrogen (secondary N) is 1. The van der Waals surface area contributed by atoms with Crippen molar-refractivity contribution in [3.05, 3.63) is 65.5 Å². The van der Waals surface area contributed by atoms with Gasteiger partial charge in [-0.15, -0.1) is 0 Å². The zero-order chi connectivity index (χ0) is 18.6. The number of ether oxygens (including phenoxy) is 2. The van der Waals surface area contributed by atoms with Crippen LogP contribution in [0.4, 0.5) is 10.1 Å². The fourth-order valence-electron chi connectivity index (χ4n) is 3.24. The molecular formula is C21H21FN2O3. The average Bonchev–Trinajstić information content (AvgIpc) is 2.70. The Morgan fingerprint density at radius 3 is 2.59 bits per heavy atom. The zero-order valence-electron chi connectivity index (χ0n) is 14.9. The van der Waals surface area contributed by atoms with Gasteiger partial charge in [0.2, 0.25) is 0 Å². The quantitative estimate of drug-likeness (QED) is 0.899. The molecule has 0 bridgehead atoms. The number of hydrogen-bond donors (Lipinski definition) is 1. The molecule has 0 spiro atoms. The summed E-state index contributed by atoms with van der Waals surface area (Å²) in [6, 6.07) is 11.9. The van der Waals surface area contributed by atoms with Crippen molar-refractivity contribution in [2.75, 3.05) is 31.6 Å². The number of anilines is 1. The smallest absolute Gasteiger partial charge is 0.251 e. The second-order valence-electron chi connectivity index (χ2n) is 6.65. The minimum absolute atomic E-state index is 0.0897. The minimum Gasteiger partial charge on any atom is -0.486 e. The number of rotatable bonds is 4. The minimum atomic E-state index is -0.226. The Morgan fingerprint density at radius 1 is 1.07 bits per heavy atom. The highest BCUT2D eigenvalue weighted by atomic mass is 19.1. The Balaban J connectivity index is 1.34. The molecule has 1 N–H and O–H groups in total. The molecular weight excluding hydrogens is 347 g/mol. The summed E-state index contributed by atoms with van der Waals surface area (Å²) in [5.41, 5.74) is 2.54. The van der Waals surface area contributed by atoms with Crippen LogP contribution >= 0.6 is 0 Å². The number of fused-ring (bicyclic) bond motifs is 1. The van der Waals surface area contributed by atoms with Gasteiger partial charge in [0.25, 0.3) is 5.91 Å². The van der Waals surface area contributed by atoms with Crippen LogP contribution in [0.2, 0.25) is 0 Å². The van der Waals surface area contributed by atoms with E-state index in [1.165, 1.54) is 12.1 Å². The van der Waals surface area contributed by atoms with E-state index in [0.29, 0.717) is 43.4 Å². The van der Waals surface area contributed by atoms with Gasteiger partial charge in [0.05, 0.1) is 0 Å².